The lowest BCUT2D eigenvalue weighted by Gasteiger charge is -2.08. The predicted octanol–water partition coefficient (Wildman–Crippen LogP) is 4.33. The first kappa shape index (κ1) is 15.3. The minimum Gasteiger partial charge on any atom is -0.494 e. The molecule has 2 aromatic carbocycles. The highest BCUT2D eigenvalue weighted by atomic mass is 16.5. The van der Waals surface area contributed by atoms with Crippen molar-refractivity contribution in [2.75, 3.05) is 6.61 Å². The molecule has 0 bridgehead atoms. The first-order valence-electron chi connectivity index (χ1n) is 8.13. The average molecular weight is 306 g/mol. The fourth-order valence-electron chi connectivity index (χ4n) is 2.58. The number of hydrogen-bond donors (Lipinski definition) is 0. The number of aromatic nitrogens is 2. The topological polar surface area (TPSA) is 27.1 Å². The second-order valence-electron chi connectivity index (χ2n) is 5.64. The Bertz CT molecular complexity index is 693. The van der Waals surface area contributed by atoms with Crippen molar-refractivity contribution in [3.05, 3.63) is 84.2 Å². The molecule has 0 amide bonds. The van der Waals surface area contributed by atoms with Crippen LogP contribution >= 0.6 is 0 Å². The van der Waals surface area contributed by atoms with Crippen LogP contribution < -0.4 is 4.74 Å². The number of hydrogen-bond acceptors (Lipinski definition) is 2. The van der Waals surface area contributed by atoms with Gasteiger partial charge < -0.3 is 4.74 Å². The van der Waals surface area contributed by atoms with Gasteiger partial charge in [0.25, 0.3) is 0 Å². The lowest BCUT2D eigenvalue weighted by molar-refractivity contribution is 0.306. The zero-order valence-electron chi connectivity index (χ0n) is 13.3. The van der Waals surface area contributed by atoms with Crippen molar-refractivity contribution < 1.29 is 4.74 Å². The summed E-state index contributed by atoms with van der Waals surface area (Å²) in [6, 6.07) is 20.8. The molecule has 0 saturated heterocycles. The molecule has 0 saturated carbocycles. The summed E-state index contributed by atoms with van der Waals surface area (Å²) < 4.78 is 7.79. The fourth-order valence-corrected chi connectivity index (χ4v) is 2.58. The van der Waals surface area contributed by atoms with Gasteiger partial charge in [-0.05, 0) is 48.6 Å². The van der Waals surface area contributed by atoms with Crippen molar-refractivity contribution in [1.82, 2.24) is 9.78 Å². The third kappa shape index (κ3) is 4.99. The van der Waals surface area contributed by atoms with E-state index >= 15 is 0 Å². The molecule has 0 radical (unpaired) electrons. The van der Waals surface area contributed by atoms with Crippen LogP contribution in [0.4, 0.5) is 0 Å². The molecule has 3 heteroatoms. The van der Waals surface area contributed by atoms with Gasteiger partial charge in [0.2, 0.25) is 0 Å². The molecule has 0 unspecified atom stereocenters. The van der Waals surface area contributed by atoms with E-state index in [1.807, 2.05) is 29.1 Å². The Labute approximate surface area is 137 Å². The Kier molecular flexibility index (Phi) is 5.46. The number of ether oxygens (including phenoxy) is 1. The standard InChI is InChI=1S/C20H22N2O/c1-2-8-18(9-3-1)10-4-5-15-23-20-12-6-11-19(16-20)17-22-14-7-13-21-22/h1-3,6-9,11-14,16H,4-5,10,15,17H2. The fraction of sp³-hybridized carbons (Fsp3) is 0.250. The molecule has 118 valence electrons. The minimum absolute atomic E-state index is 0.762. The van der Waals surface area contributed by atoms with Crippen LogP contribution in [0, 0.1) is 0 Å². The van der Waals surface area contributed by atoms with E-state index in [1.54, 1.807) is 6.20 Å². The van der Waals surface area contributed by atoms with E-state index in [-0.39, 0.29) is 0 Å². The van der Waals surface area contributed by atoms with Crippen molar-refractivity contribution in [3.63, 3.8) is 0 Å². The molecule has 0 N–H and O–H groups in total. The summed E-state index contributed by atoms with van der Waals surface area (Å²) in [5.41, 5.74) is 2.60. The van der Waals surface area contributed by atoms with Crippen LogP contribution in [0.2, 0.25) is 0 Å². The number of rotatable bonds is 8. The molecule has 0 atom stereocenters. The van der Waals surface area contributed by atoms with E-state index in [9.17, 15) is 0 Å². The second kappa shape index (κ2) is 8.18. The summed E-state index contributed by atoms with van der Waals surface area (Å²) in [5.74, 6) is 0.939. The lowest BCUT2D eigenvalue weighted by Crippen LogP contribution is -2.02. The maximum atomic E-state index is 5.87. The number of unbranched alkanes of at least 4 members (excludes halogenated alkanes) is 1. The molecular formula is C20H22N2O. The molecule has 0 aliphatic carbocycles. The SMILES string of the molecule is c1ccc(CCCCOc2cccc(Cn3cccn3)c2)cc1. The van der Waals surface area contributed by atoms with Gasteiger partial charge in [-0.2, -0.15) is 5.10 Å². The van der Waals surface area contributed by atoms with Crippen LogP contribution in [0.5, 0.6) is 5.75 Å². The highest BCUT2D eigenvalue weighted by Gasteiger charge is 1.99. The summed E-state index contributed by atoms with van der Waals surface area (Å²) in [7, 11) is 0. The van der Waals surface area contributed by atoms with E-state index < -0.39 is 0 Å². The van der Waals surface area contributed by atoms with Gasteiger partial charge in [0.1, 0.15) is 5.75 Å². The lowest BCUT2D eigenvalue weighted by atomic mass is 10.1. The highest BCUT2D eigenvalue weighted by molar-refractivity contribution is 5.28. The molecule has 3 rings (SSSR count). The molecule has 0 spiro atoms. The van der Waals surface area contributed by atoms with Crippen LogP contribution in [-0.4, -0.2) is 16.4 Å². The smallest absolute Gasteiger partial charge is 0.119 e. The molecule has 0 fully saturated rings. The zero-order valence-corrected chi connectivity index (χ0v) is 13.3. The predicted molar refractivity (Wildman–Crippen MR) is 92.6 cm³/mol. The van der Waals surface area contributed by atoms with Gasteiger partial charge in [0, 0.05) is 12.4 Å². The number of nitrogens with zero attached hydrogens (tertiary/aromatic N) is 2. The van der Waals surface area contributed by atoms with Gasteiger partial charge in [-0.25, -0.2) is 0 Å². The van der Waals surface area contributed by atoms with Crippen LogP contribution in [0.25, 0.3) is 0 Å². The van der Waals surface area contributed by atoms with Gasteiger partial charge in [0.05, 0.1) is 13.2 Å². The third-order valence-electron chi connectivity index (χ3n) is 3.77. The first-order valence-corrected chi connectivity index (χ1v) is 8.13. The number of benzene rings is 2. The van der Waals surface area contributed by atoms with E-state index in [0.717, 1.165) is 38.2 Å². The molecule has 3 nitrogen and oxygen atoms in total. The molecular weight excluding hydrogens is 284 g/mol. The number of aryl methyl sites for hydroxylation is 1. The Balaban J connectivity index is 1.41. The summed E-state index contributed by atoms with van der Waals surface area (Å²) in [6.45, 7) is 1.54. The Morgan fingerprint density at radius 2 is 1.74 bits per heavy atom. The third-order valence-corrected chi connectivity index (χ3v) is 3.77. The van der Waals surface area contributed by atoms with E-state index in [1.165, 1.54) is 11.1 Å². The monoisotopic (exact) mass is 306 g/mol. The first-order chi connectivity index (χ1) is 11.4. The van der Waals surface area contributed by atoms with Crippen molar-refractivity contribution in [2.45, 2.75) is 25.8 Å². The summed E-state index contributed by atoms with van der Waals surface area (Å²) in [6.07, 6.45) is 7.10. The Morgan fingerprint density at radius 1 is 0.870 bits per heavy atom. The molecule has 0 aliphatic rings. The normalized spacial score (nSPS) is 10.6. The molecule has 1 aromatic heterocycles. The van der Waals surface area contributed by atoms with Gasteiger partial charge >= 0.3 is 0 Å². The van der Waals surface area contributed by atoms with E-state index in [2.05, 4.69) is 47.6 Å². The average Bonchev–Trinajstić information content (AvgIpc) is 3.09. The van der Waals surface area contributed by atoms with Gasteiger partial charge in [-0.3, -0.25) is 4.68 Å². The zero-order chi connectivity index (χ0) is 15.7. The molecule has 3 aromatic rings. The maximum absolute atomic E-state index is 5.87. The van der Waals surface area contributed by atoms with Crippen molar-refractivity contribution >= 4 is 0 Å². The Morgan fingerprint density at radius 3 is 2.57 bits per heavy atom. The van der Waals surface area contributed by atoms with Crippen LogP contribution in [0.15, 0.2) is 73.1 Å². The maximum Gasteiger partial charge on any atom is 0.119 e. The molecule has 0 aliphatic heterocycles. The second-order valence-corrected chi connectivity index (χ2v) is 5.64. The Hall–Kier alpha value is -2.55. The van der Waals surface area contributed by atoms with Crippen LogP contribution in [0.1, 0.15) is 24.0 Å². The van der Waals surface area contributed by atoms with Crippen molar-refractivity contribution in [3.8, 4) is 5.75 Å². The highest BCUT2D eigenvalue weighted by Crippen LogP contribution is 2.15. The quantitative estimate of drug-likeness (QED) is 0.579. The summed E-state index contributed by atoms with van der Waals surface area (Å²) in [5, 5.41) is 4.23. The van der Waals surface area contributed by atoms with E-state index in [0.29, 0.717) is 0 Å². The van der Waals surface area contributed by atoms with E-state index in [4.69, 9.17) is 4.74 Å². The summed E-state index contributed by atoms with van der Waals surface area (Å²) >= 11 is 0. The van der Waals surface area contributed by atoms with Crippen LogP contribution in [0.3, 0.4) is 0 Å². The van der Waals surface area contributed by atoms with Crippen molar-refractivity contribution in [1.29, 1.82) is 0 Å². The summed E-state index contributed by atoms with van der Waals surface area (Å²) in [4.78, 5) is 0. The van der Waals surface area contributed by atoms with Gasteiger partial charge in [-0.1, -0.05) is 42.5 Å². The minimum atomic E-state index is 0.762. The molecule has 1 heterocycles. The van der Waals surface area contributed by atoms with Gasteiger partial charge in [0.15, 0.2) is 0 Å². The molecule has 23 heavy (non-hydrogen) atoms. The largest absolute Gasteiger partial charge is 0.494 e. The van der Waals surface area contributed by atoms with Crippen molar-refractivity contribution in [2.24, 2.45) is 0 Å². The van der Waals surface area contributed by atoms with Crippen LogP contribution in [-0.2, 0) is 13.0 Å². The van der Waals surface area contributed by atoms with Gasteiger partial charge in [-0.15, -0.1) is 0 Å².